The van der Waals surface area contributed by atoms with E-state index in [2.05, 4.69) is 78.9 Å². The molecule has 18 heavy (non-hydrogen) atoms. The summed E-state index contributed by atoms with van der Waals surface area (Å²) < 4.78 is 0. The normalized spacial score (nSPS) is 12.9. The Balaban J connectivity index is 3.21. The minimum atomic E-state index is 0.104. The van der Waals surface area contributed by atoms with Crippen molar-refractivity contribution in [1.29, 1.82) is 0 Å². The molecule has 1 aromatic carbocycles. The lowest BCUT2D eigenvalue weighted by Gasteiger charge is -2.27. The van der Waals surface area contributed by atoms with Crippen LogP contribution in [0.15, 0.2) is 18.2 Å². The molecule has 1 nitrogen and oxygen atoms in total. The minimum absolute atomic E-state index is 0.104. The summed E-state index contributed by atoms with van der Waals surface area (Å²) in [4.78, 5) is 0. The number of hydrogen-bond acceptors (Lipinski definition) is 1. The van der Waals surface area contributed by atoms with E-state index in [9.17, 15) is 0 Å². The van der Waals surface area contributed by atoms with Gasteiger partial charge in [-0.3, -0.25) is 0 Å². The molecule has 0 unspecified atom stereocenters. The lowest BCUT2D eigenvalue weighted by atomic mass is 9.84. The van der Waals surface area contributed by atoms with Crippen molar-refractivity contribution in [3.8, 4) is 0 Å². The third-order valence-electron chi connectivity index (χ3n) is 3.05. The Hall–Kier alpha value is -0.980. The Morgan fingerprint density at radius 3 is 1.89 bits per heavy atom. The number of benzene rings is 1. The van der Waals surface area contributed by atoms with Crippen molar-refractivity contribution in [2.24, 2.45) is 0 Å². The van der Waals surface area contributed by atoms with Crippen LogP contribution in [0.5, 0.6) is 0 Å². The Bertz CT molecular complexity index is 403. The highest BCUT2D eigenvalue weighted by Gasteiger charge is 2.18. The van der Waals surface area contributed by atoms with E-state index in [0.29, 0.717) is 5.92 Å². The summed E-state index contributed by atoms with van der Waals surface area (Å²) in [6.07, 6.45) is 0. The lowest BCUT2D eigenvalue weighted by molar-refractivity contribution is 0.588. The number of rotatable bonds is 2. The average Bonchev–Trinajstić information content (AvgIpc) is 2.13. The van der Waals surface area contributed by atoms with Crippen LogP contribution in [-0.2, 0) is 5.41 Å². The van der Waals surface area contributed by atoms with Crippen molar-refractivity contribution in [3.63, 3.8) is 0 Å². The molecule has 0 radical (unpaired) electrons. The fourth-order valence-corrected chi connectivity index (χ4v) is 2.02. The second-order valence-corrected chi connectivity index (χ2v) is 7.58. The van der Waals surface area contributed by atoms with Crippen LogP contribution in [0, 0.1) is 0 Å². The molecule has 0 atom stereocenters. The van der Waals surface area contributed by atoms with Gasteiger partial charge in [0.1, 0.15) is 0 Å². The molecule has 0 amide bonds. The fraction of sp³-hybridized carbons (Fsp3) is 0.647. The van der Waals surface area contributed by atoms with Gasteiger partial charge < -0.3 is 5.32 Å². The van der Waals surface area contributed by atoms with E-state index in [1.807, 2.05) is 0 Å². The van der Waals surface area contributed by atoms with Crippen molar-refractivity contribution >= 4 is 5.69 Å². The summed E-state index contributed by atoms with van der Waals surface area (Å²) in [5.74, 6) is 0.539. The summed E-state index contributed by atoms with van der Waals surface area (Å²) in [7, 11) is 0. The van der Waals surface area contributed by atoms with E-state index in [0.717, 1.165) is 0 Å². The van der Waals surface area contributed by atoms with Gasteiger partial charge in [-0.2, -0.15) is 0 Å². The SMILES string of the molecule is CC(C)c1cc(C(C)(C)C)ccc1NC(C)(C)C. The molecule has 0 saturated carbocycles. The molecule has 0 spiro atoms. The first kappa shape index (κ1) is 15.1. The van der Waals surface area contributed by atoms with Crippen LogP contribution in [0.4, 0.5) is 5.69 Å². The maximum atomic E-state index is 3.61. The molecule has 0 aliphatic rings. The van der Waals surface area contributed by atoms with E-state index >= 15 is 0 Å². The zero-order valence-corrected chi connectivity index (χ0v) is 13.3. The van der Waals surface area contributed by atoms with E-state index in [-0.39, 0.29) is 11.0 Å². The van der Waals surface area contributed by atoms with Gasteiger partial charge in [-0.1, -0.05) is 46.8 Å². The highest BCUT2D eigenvalue weighted by molar-refractivity contribution is 5.56. The predicted octanol–water partition coefficient (Wildman–Crippen LogP) is 5.32. The molecule has 1 aromatic rings. The number of nitrogens with one attached hydrogen (secondary N) is 1. The third-order valence-corrected chi connectivity index (χ3v) is 3.05. The molecule has 1 N–H and O–H groups in total. The highest BCUT2D eigenvalue weighted by atomic mass is 15.0. The quantitative estimate of drug-likeness (QED) is 0.746. The first-order chi connectivity index (χ1) is 8.00. The van der Waals surface area contributed by atoms with Crippen molar-refractivity contribution in [2.75, 3.05) is 5.32 Å². The van der Waals surface area contributed by atoms with Crippen LogP contribution < -0.4 is 5.32 Å². The summed E-state index contributed by atoms with van der Waals surface area (Å²) in [5.41, 5.74) is 4.41. The molecule has 0 heterocycles. The summed E-state index contributed by atoms with van der Waals surface area (Å²) in [6, 6.07) is 6.85. The van der Waals surface area contributed by atoms with Crippen LogP contribution >= 0.6 is 0 Å². The van der Waals surface area contributed by atoms with Crippen molar-refractivity contribution in [2.45, 2.75) is 72.3 Å². The van der Waals surface area contributed by atoms with Gasteiger partial charge in [-0.15, -0.1) is 0 Å². The molecule has 1 rings (SSSR count). The van der Waals surface area contributed by atoms with Gasteiger partial charge in [0, 0.05) is 11.2 Å². The van der Waals surface area contributed by atoms with E-state index in [1.54, 1.807) is 0 Å². The highest BCUT2D eigenvalue weighted by Crippen LogP contribution is 2.32. The van der Waals surface area contributed by atoms with Crippen LogP contribution in [0.25, 0.3) is 0 Å². The fourth-order valence-electron chi connectivity index (χ4n) is 2.02. The molecule has 0 aliphatic heterocycles. The van der Waals surface area contributed by atoms with Crippen molar-refractivity contribution in [3.05, 3.63) is 29.3 Å². The third kappa shape index (κ3) is 4.04. The standard InChI is InChI=1S/C17H29N/c1-12(2)14-11-13(16(3,4)5)9-10-15(14)18-17(6,7)8/h9-12,18H,1-8H3. The second kappa shape index (κ2) is 4.95. The van der Waals surface area contributed by atoms with Crippen molar-refractivity contribution < 1.29 is 0 Å². The van der Waals surface area contributed by atoms with Gasteiger partial charge >= 0.3 is 0 Å². The number of anilines is 1. The topological polar surface area (TPSA) is 12.0 Å². The van der Waals surface area contributed by atoms with Gasteiger partial charge in [-0.25, -0.2) is 0 Å². The second-order valence-electron chi connectivity index (χ2n) is 7.58. The zero-order valence-electron chi connectivity index (χ0n) is 13.3. The smallest absolute Gasteiger partial charge is 0.0379 e. The van der Waals surface area contributed by atoms with Crippen molar-refractivity contribution in [1.82, 2.24) is 0 Å². The van der Waals surface area contributed by atoms with Crippen LogP contribution in [0.3, 0.4) is 0 Å². The monoisotopic (exact) mass is 247 g/mol. The maximum absolute atomic E-state index is 3.61. The Kier molecular flexibility index (Phi) is 4.15. The minimum Gasteiger partial charge on any atom is -0.380 e. The first-order valence-electron chi connectivity index (χ1n) is 6.93. The average molecular weight is 247 g/mol. The molecular weight excluding hydrogens is 218 g/mol. The molecule has 0 fully saturated rings. The zero-order chi connectivity index (χ0) is 14.1. The Morgan fingerprint density at radius 1 is 0.944 bits per heavy atom. The molecular formula is C17H29N. The van der Waals surface area contributed by atoms with Gasteiger partial charge in [0.25, 0.3) is 0 Å². The van der Waals surface area contributed by atoms with Crippen LogP contribution in [0.1, 0.15) is 72.4 Å². The number of hydrogen-bond donors (Lipinski definition) is 1. The first-order valence-corrected chi connectivity index (χ1v) is 6.93. The van der Waals surface area contributed by atoms with Crippen LogP contribution in [-0.4, -0.2) is 5.54 Å². The van der Waals surface area contributed by atoms with E-state index in [4.69, 9.17) is 0 Å². The van der Waals surface area contributed by atoms with E-state index in [1.165, 1.54) is 16.8 Å². The van der Waals surface area contributed by atoms with Crippen LogP contribution in [0.2, 0.25) is 0 Å². The summed E-state index contributed by atoms with van der Waals surface area (Å²) >= 11 is 0. The van der Waals surface area contributed by atoms with E-state index < -0.39 is 0 Å². The molecule has 1 heteroatoms. The molecule has 0 saturated heterocycles. The predicted molar refractivity (Wildman–Crippen MR) is 82.6 cm³/mol. The molecule has 0 aromatic heterocycles. The maximum Gasteiger partial charge on any atom is 0.0379 e. The summed E-state index contributed by atoms with van der Waals surface area (Å²) in [5, 5.41) is 3.61. The van der Waals surface area contributed by atoms with Gasteiger partial charge in [0.05, 0.1) is 0 Å². The Morgan fingerprint density at radius 2 is 1.50 bits per heavy atom. The van der Waals surface area contributed by atoms with Gasteiger partial charge in [0.2, 0.25) is 0 Å². The Labute approximate surface area is 113 Å². The molecule has 0 bridgehead atoms. The largest absolute Gasteiger partial charge is 0.380 e. The summed E-state index contributed by atoms with van der Waals surface area (Å²) in [6.45, 7) is 17.9. The lowest BCUT2D eigenvalue weighted by Crippen LogP contribution is -2.27. The molecule has 0 aliphatic carbocycles. The van der Waals surface area contributed by atoms with Gasteiger partial charge in [0.15, 0.2) is 0 Å². The molecule has 102 valence electrons. The van der Waals surface area contributed by atoms with Gasteiger partial charge in [-0.05, 0) is 49.3 Å².